The van der Waals surface area contributed by atoms with Crippen LogP contribution in [0.3, 0.4) is 0 Å². The van der Waals surface area contributed by atoms with Gasteiger partial charge >= 0.3 is 5.97 Å². The van der Waals surface area contributed by atoms with Gasteiger partial charge in [0.2, 0.25) is 5.89 Å². The zero-order valence-corrected chi connectivity index (χ0v) is 15.1. The summed E-state index contributed by atoms with van der Waals surface area (Å²) in [6.07, 6.45) is -0.685. The lowest BCUT2D eigenvalue weighted by molar-refractivity contribution is -0.146. The van der Waals surface area contributed by atoms with Crippen molar-refractivity contribution in [2.75, 3.05) is 5.75 Å². The maximum atomic E-state index is 13.6. The largest absolute Gasteiger partial charge is 0.452 e. The number of esters is 1. The van der Waals surface area contributed by atoms with Crippen molar-refractivity contribution in [3.05, 3.63) is 65.8 Å². The van der Waals surface area contributed by atoms with Crippen molar-refractivity contribution in [3.8, 4) is 11.5 Å². The topological polar surface area (TPSA) is 65.2 Å². The molecule has 0 unspecified atom stereocenters. The molecule has 0 aliphatic heterocycles. The van der Waals surface area contributed by atoms with E-state index in [1.165, 1.54) is 6.07 Å². The van der Waals surface area contributed by atoms with E-state index in [0.29, 0.717) is 10.8 Å². The van der Waals surface area contributed by atoms with Crippen molar-refractivity contribution in [3.63, 3.8) is 0 Å². The molecule has 3 rings (SSSR count). The van der Waals surface area contributed by atoms with Crippen LogP contribution in [0.25, 0.3) is 11.5 Å². The van der Waals surface area contributed by atoms with Crippen LogP contribution in [0.15, 0.2) is 57.8 Å². The van der Waals surface area contributed by atoms with Crippen molar-refractivity contribution >= 4 is 17.7 Å². The molecule has 134 valence electrons. The summed E-state index contributed by atoms with van der Waals surface area (Å²) in [5, 5.41) is 7.93. The van der Waals surface area contributed by atoms with E-state index in [1.54, 1.807) is 25.1 Å². The summed E-state index contributed by atoms with van der Waals surface area (Å²) in [4.78, 5) is 12.4. The molecule has 26 heavy (non-hydrogen) atoms. The third-order valence-electron chi connectivity index (χ3n) is 3.58. The van der Waals surface area contributed by atoms with Gasteiger partial charge in [0.15, 0.2) is 6.10 Å². The van der Waals surface area contributed by atoms with Gasteiger partial charge < -0.3 is 9.15 Å². The van der Waals surface area contributed by atoms with E-state index in [-0.39, 0.29) is 17.5 Å². The lowest BCUT2D eigenvalue weighted by atomic mass is 10.1. The molecule has 5 nitrogen and oxygen atoms in total. The van der Waals surface area contributed by atoms with E-state index >= 15 is 0 Å². The predicted octanol–water partition coefficient (Wildman–Crippen LogP) is 4.58. The summed E-state index contributed by atoms with van der Waals surface area (Å²) in [5.41, 5.74) is 1.92. The summed E-state index contributed by atoms with van der Waals surface area (Å²) in [6.45, 7) is 3.64. The van der Waals surface area contributed by atoms with Gasteiger partial charge in [0.05, 0.1) is 5.75 Å². The van der Waals surface area contributed by atoms with Crippen molar-refractivity contribution in [2.45, 2.75) is 24.8 Å². The summed E-state index contributed by atoms with van der Waals surface area (Å²) in [5.74, 6) is -0.281. The molecule has 0 aliphatic rings. The number of aryl methyl sites for hydroxylation is 1. The molecule has 0 N–H and O–H groups in total. The fraction of sp³-hybridized carbons (Fsp3) is 0.211. The number of aromatic nitrogens is 2. The molecule has 0 fully saturated rings. The van der Waals surface area contributed by atoms with E-state index in [2.05, 4.69) is 10.2 Å². The molecule has 0 aliphatic carbocycles. The Balaban J connectivity index is 1.58. The second kappa shape index (κ2) is 8.14. The second-order valence-corrected chi connectivity index (χ2v) is 6.68. The Hall–Kier alpha value is -2.67. The average Bonchev–Trinajstić information content (AvgIpc) is 3.12. The molecule has 0 saturated heterocycles. The first-order chi connectivity index (χ1) is 12.5. The molecule has 7 heteroatoms. The highest BCUT2D eigenvalue weighted by Crippen LogP contribution is 2.25. The summed E-state index contributed by atoms with van der Waals surface area (Å²) < 4.78 is 24.4. The molecule has 0 spiro atoms. The number of halogens is 1. The number of ether oxygens (including phenoxy) is 1. The Morgan fingerprint density at radius 1 is 1.19 bits per heavy atom. The third-order valence-corrected chi connectivity index (χ3v) is 4.60. The van der Waals surface area contributed by atoms with Gasteiger partial charge in [-0.25, -0.2) is 4.39 Å². The van der Waals surface area contributed by atoms with E-state index in [9.17, 15) is 9.18 Å². The first-order valence-electron chi connectivity index (χ1n) is 8.00. The number of hydrogen-bond acceptors (Lipinski definition) is 6. The number of rotatable bonds is 6. The normalized spacial score (nSPS) is 12.0. The van der Waals surface area contributed by atoms with Gasteiger partial charge in [0.25, 0.3) is 5.89 Å². The van der Waals surface area contributed by atoms with Crippen LogP contribution in [-0.2, 0) is 9.53 Å². The lowest BCUT2D eigenvalue weighted by Gasteiger charge is -2.09. The Labute approximate surface area is 154 Å². The summed E-state index contributed by atoms with van der Waals surface area (Å²) in [6, 6.07) is 13.9. The Kier molecular flexibility index (Phi) is 5.68. The van der Waals surface area contributed by atoms with Gasteiger partial charge in [-0.1, -0.05) is 29.8 Å². The van der Waals surface area contributed by atoms with Crippen LogP contribution in [0.5, 0.6) is 0 Å². The molecular weight excluding hydrogens is 355 g/mol. The Morgan fingerprint density at radius 3 is 2.65 bits per heavy atom. The molecule has 0 radical (unpaired) electrons. The molecule has 1 atom stereocenters. The van der Waals surface area contributed by atoms with E-state index in [0.717, 1.165) is 22.9 Å². The van der Waals surface area contributed by atoms with E-state index in [4.69, 9.17) is 9.15 Å². The molecule has 0 bridgehead atoms. The second-order valence-electron chi connectivity index (χ2n) is 5.66. The minimum Gasteiger partial charge on any atom is -0.452 e. The summed E-state index contributed by atoms with van der Waals surface area (Å²) in [7, 11) is 0. The van der Waals surface area contributed by atoms with Gasteiger partial charge in [-0.15, -0.1) is 22.0 Å². The van der Waals surface area contributed by atoms with Crippen molar-refractivity contribution < 1.29 is 18.3 Å². The van der Waals surface area contributed by atoms with Crippen LogP contribution in [0, 0.1) is 12.7 Å². The highest BCUT2D eigenvalue weighted by Gasteiger charge is 2.19. The molecule has 0 amide bonds. The standard InChI is InChI=1S/C19H17FN2O3S/c1-12-7-9-14(10-8-12)19-22-21-18(25-19)13(2)24-17(23)11-26-16-6-4-3-5-15(16)20/h3-10,13H,11H2,1-2H3/t13-/m0/s1. The average molecular weight is 372 g/mol. The van der Waals surface area contributed by atoms with Crippen molar-refractivity contribution in [1.29, 1.82) is 0 Å². The Morgan fingerprint density at radius 2 is 1.92 bits per heavy atom. The fourth-order valence-electron chi connectivity index (χ4n) is 2.19. The molecular formula is C19H17FN2O3S. The smallest absolute Gasteiger partial charge is 0.317 e. The van der Waals surface area contributed by atoms with E-state index < -0.39 is 12.1 Å². The van der Waals surface area contributed by atoms with Crippen LogP contribution in [0.1, 0.15) is 24.5 Å². The van der Waals surface area contributed by atoms with Gasteiger partial charge in [0.1, 0.15) is 5.82 Å². The Bertz CT molecular complexity index is 896. The number of thioether (sulfide) groups is 1. The minimum absolute atomic E-state index is 0.00969. The maximum absolute atomic E-state index is 13.6. The van der Waals surface area contributed by atoms with Crippen molar-refractivity contribution in [2.24, 2.45) is 0 Å². The van der Waals surface area contributed by atoms with Crippen LogP contribution in [0.4, 0.5) is 4.39 Å². The van der Waals surface area contributed by atoms with Crippen LogP contribution >= 0.6 is 11.8 Å². The number of benzene rings is 2. The van der Waals surface area contributed by atoms with Crippen LogP contribution in [-0.4, -0.2) is 21.9 Å². The highest BCUT2D eigenvalue weighted by atomic mass is 32.2. The fourth-order valence-corrected chi connectivity index (χ4v) is 2.91. The van der Waals surface area contributed by atoms with Crippen LogP contribution < -0.4 is 0 Å². The SMILES string of the molecule is Cc1ccc(-c2nnc([C@H](C)OC(=O)CSc3ccccc3F)o2)cc1. The molecule has 2 aromatic carbocycles. The minimum atomic E-state index is -0.685. The molecule has 1 aromatic heterocycles. The number of carbonyl (C=O) groups is 1. The first kappa shape index (κ1) is 18.1. The molecule has 3 aromatic rings. The molecule has 0 saturated carbocycles. The van der Waals surface area contributed by atoms with Gasteiger partial charge in [-0.2, -0.15) is 0 Å². The van der Waals surface area contributed by atoms with Gasteiger partial charge in [-0.3, -0.25) is 4.79 Å². The lowest BCUT2D eigenvalue weighted by Crippen LogP contribution is -2.11. The zero-order chi connectivity index (χ0) is 18.5. The number of carbonyl (C=O) groups excluding carboxylic acids is 1. The quantitative estimate of drug-likeness (QED) is 0.466. The van der Waals surface area contributed by atoms with Crippen molar-refractivity contribution in [1.82, 2.24) is 10.2 Å². The third kappa shape index (κ3) is 4.49. The first-order valence-corrected chi connectivity index (χ1v) is 8.99. The monoisotopic (exact) mass is 372 g/mol. The highest BCUT2D eigenvalue weighted by molar-refractivity contribution is 8.00. The van der Waals surface area contributed by atoms with Crippen LogP contribution in [0.2, 0.25) is 0 Å². The summed E-state index contributed by atoms with van der Waals surface area (Å²) >= 11 is 1.08. The number of hydrogen-bond donors (Lipinski definition) is 0. The predicted molar refractivity (Wildman–Crippen MR) is 96.1 cm³/mol. The van der Waals surface area contributed by atoms with E-state index in [1.807, 2.05) is 31.2 Å². The maximum Gasteiger partial charge on any atom is 0.317 e. The molecule has 1 heterocycles. The van der Waals surface area contributed by atoms with Gasteiger partial charge in [-0.05, 0) is 38.1 Å². The van der Waals surface area contributed by atoms with Gasteiger partial charge in [0, 0.05) is 10.5 Å². The number of nitrogens with zero attached hydrogens (tertiary/aromatic N) is 2. The zero-order valence-electron chi connectivity index (χ0n) is 14.3.